The quantitative estimate of drug-likeness (QED) is 0.219. The lowest BCUT2D eigenvalue weighted by atomic mass is 10.1. The van der Waals surface area contributed by atoms with Crippen molar-refractivity contribution in [3.8, 4) is 22.6 Å². The predicted octanol–water partition coefficient (Wildman–Crippen LogP) is 5.52. The van der Waals surface area contributed by atoms with E-state index in [0.717, 1.165) is 27.9 Å². The van der Waals surface area contributed by atoms with Crippen LogP contribution in [0.1, 0.15) is 16.7 Å². The lowest BCUT2D eigenvalue weighted by molar-refractivity contribution is -0.123. The SMILES string of the molecule is Cc1ccc(NC(=O)COc2cccc(/C=N/NC(=O)COc3ccc(-c4ccccc4)cc3)c2)cc1C. The highest BCUT2D eigenvalue weighted by Gasteiger charge is 2.06. The molecular weight excluding hydrogens is 478 g/mol. The van der Waals surface area contributed by atoms with Gasteiger partial charge >= 0.3 is 0 Å². The summed E-state index contributed by atoms with van der Waals surface area (Å²) in [6.07, 6.45) is 1.49. The summed E-state index contributed by atoms with van der Waals surface area (Å²) < 4.78 is 11.2. The van der Waals surface area contributed by atoms with Crippen LogP contribution in [0, 0.1) is 13.8 Å². The minimum absolute atomic E-state index is 0.131. The molecule has 2 N–H and O–H groups in total. The minimum Gasteiger partial charge on any atom is -0.484 e. The molecule has 192 valence electrons. The highest BCUT2D eigenvalue weighted by molar-refractivity contribution is 5.92. The summed E-state index contributed by atoms with van der Waals surface area (Å²) in [4.78, 5) is 24.3. The first-order valence-electron chi connectivity index (χ1n) is 12.2. The molecule has 4 aromatic carbocycles. The average molecular weight is 508 g/mol. The van der Waals surface area contributed by atoms with Crippen LogP contribution in [0.3, 0.4) is 0 Å². The van der Waals surface area contributed by atoms with Crippen molar-refractivity contribution in [1.82, 2.24) is 5.43 Å². The van der Waals surface area contributed by atoms with Gasteiger partial charge < -0.3 is 14.8 Å². The molecule has 0 aliphatic carbocycles. The highest BCUT2D eigenvalue weighted by Crippen LogP contribution is 2.22. The van der Waals surface area contributed by atoms with Crippen LogP contribution in [0.4, 0.5) is 5.69 Å². The highest BCUT2D eigenvalue weighted by atomic mass is 16.5. The van der Waals surface area contributed by atoms with Gasteiger partial charge in [-0.3, -0.25) is 9.59 Å². The van der Waals surface area contributed by atoms with E-state index in [2.05, 4.69) is 15.8 Å². The molecule has 0 saturated heterocycles. The molecule has 0 fully saturated rings. The first-order chi connectivity index (χ1) is 18.5. The first kappa shape index (κ1) is 26.2. The Morgan fingerprint density at radius 2 is 1.42 bits per heavy atom. The number of benzene rings is 4. The molecule has 38 heavy (non-hydrogen) atoms. The van der Waals surface area contributed by atoms with Gasteiger partial charge in [0.2, 0.25) is 0 Å². The molecule has 0 unspecified atom stereocenters. The number of carbonyl (C=O) groups excluding carboxylic acids is 2. The van der Waals surface area contributed by atoms with Crippen molar-refractivity contribution < 1.29 is 19.1 Å². The Morgan fingerprint density at radius 1 is 0.711 bits per heavy atom. The van der Waals surface area contributed by atoms with Gasteiger partial charge in [-0.25, -0.2) is 5.43 Å². The van der Waals surface area contributed by atoms with Gasteiger partial charge in [-0.05, 0) is 78.1 Å². The fraction of sp³-hybridized carbons (Fsp3) is 0.129. The monoisotopic (exact) mass is 507 g/mol. The summed E-state index contributed by atoms with van der Waals surface area (Å²) >= 11 is 0. The number of carbonyl (C=O) groups is 2. The van der Waals surface area contributed by atoms with Crippen molar-refractivity contribution in [2.45, 2.75) is 13.8 Å². The second-order valence-corrected chi connectivity index (χ2v) is 8.68. The van der Waals surface area contributed by atoms with Crippen molar-refractivity contribution in [1.29, 1.82) is 0 Å². The number of hydrazone groups is 1. The molecule has 0 saturated carbocycles. The number of hydrogen-bond acceptors (Lipinski definition) is 5. The van der Waals surface area contributed by atoms with E-state index >= 15 is 0 Å². The van der Waals surface area contributed by atoms with E-state index in [1.807, 2.05) is 92.7 Å². The summed E-state index contributed by atoms with van der Waals surface area (Å²) in [5, 5.41) is 6.80. The Balaban J connectivity index is 1.20. The number of hydrogen-bond donors (Lipinski definition) is 2. The van der Waals surface area contributed by atoms with Gasteiger partial charge in [0.25, 0.3) is 11.8 Å². The molecule has 0 atom stereocenters. The van der Waals surface area contributed by atoms with E-state index in [9.17, 15) is 9.59 Å². The maximum Gasteiger partial charge on any atom is 0.277 e. The average Bonchev–Trinajstić information content (AvgIpc) is 2.94. The fourth-order valence-electron chi connectivity index (χ4n) is 3.58. The molecule has 7 heteroatoms. The van der Waals surface area contributed by atoms with Gasteiger partial charge in [0.05, 0.1) is 6.21 Å². The number of anilines is 1. The number of amides is 2. The number of aryl methyl sites for hydroxylation is 2. The zero-order valence-electron chi connectivity index (χ0n) is 21.3. The van der Waals surface area contributed by atoms with Crippen molar-refractivity contribution >= 4 is 23.7 Å². The van der Waals surface area contributed by atoms with E-state index in [0.29, 0.717) is 17.1 Å². The summed E-state index contributed by atoms with van der Waals surface area (Å²) in [6, 6.07) is 30.4. The van der Waals surface area contributed by atoms with Crippen molar-refractivity contribution in [2.24, 2.45) is 5.10 Å². The smallest absolute Gasteiger partial charge is 0.277 e. The third kappa shape index (κ3) is 7.80. The van der Waals surface area contributed by atoms with Gasteiger partial charge in [0.1, 0.15) is 11.5 Å². The molecule has 4 rings (SSSR count). The third-order valence-corrected chi connectivity index (χ3v) is 5.75. The first-order valence-corrected chi connectivity index (χ1v) is 12.2. The number of rotatable bonds is 10. The predicted molar refractivity (Wildman–Crippen MR) is 150 cm³/mol. The molecule has 4 aromatic rings. The molecule has 0 bridgehead atoms. The molecule has 0 heterocycles. The number of nitrogens with zero attached hydrogens (tertiary/aromatic N) is 1. The van der Waals surface area contributed by atoms with E-state index in [1.165, 1.54) is 6.21 Å². The van der Waals surface area contributed by atoms with Crippen LogP contribution in [0.15, 0.2) is 102 Å². The zero-order valence-corrected chi connectivity index (χ0v) is 21.3. The van der Waals surface area contributed by atoms with Crippen LogP contribution in [0.5, 0.6) is 11.5 Å². The largest absolute Gasteiger partial charge is 0.484 e. The van der Waals surface area contributed by atoms with E-state index < -0.39 is 0 Å². The van der Waals surface area contributed by atoms with Crippen LogP contribution in [-0.4, -0.2) is 31.2 Å². The van der Waals surface area contributed by atoms with E-state index in [1.54, 1.807) is 18.2 Å². The van der Waals surface area contributed by atoms with Gasteiger partial charge in [-0.1, -0.05) is 60.7 Å². The van der Waals surface area contributed by atoms with Gasteiger partial charge in [-0.2, -0.15) is 5.10 Å². The fourth-order valence-corrected chi connectivity index (χ4v) is 3.58. The van der Waals surface area contributed by atoms with E-state index in [4.69, 9.17) is 9.47 Å². The van der Waals surface area contributed by atoms with Crippen LogP contribution < -0.4 is 20.2 Å². The van der Waals surface area contributed by atoms with E-state index in [-0.39, 0.29) is 25.0 Å². The van der Waals surface area contributed by atoms with Gasteiger partial charge in [-0.15, -0.1) is 0 Å². The van der Waals surface area contributed by atoms with Crippen molar-refractivity contribution in [3.63, 3.8) is 0 Å². The van der Waals surface area contributed by atoms with Gasteiger partial charge in [0, 0.05) is 5.69 Å². The molecular formula is C31H29N3O4. The summed E-state index contributed by atoms with van der Waals surface area (Å²) in [5.41, 5.74) is 8.32. The molecule has 0 aliphatic rings. The van der Waals surface area contributed by atoms with Crippen molar-refractivity contribution in [2.75, 3.05) is 18.5 Å². The maximum absolute atomic E-state index is 12.2. The molecule has 0 radical (unpaired) electrons. The van der Waals surface area contributed by atoms with Crippen LogP contribution >= 0.6 is 0 Å². The molecule has 0 spiro atoms. The third-order valence-electron chi connectivity index (χ3n) is 5.75. The summed E-state index contributed by atoms with van der Waals surface area (Å²) in [5.74, 6) is 0.464. The zero-order chi connectivity index (χ0) is 26.7. The van der Waals surface area contributed by atoms with Crippen LogP contribution in [-0.2, 0) is 9.59 Å². The summed E-state index contributed by atoms with van der Waals surface area (Å²) in [6.45, 7) is 3.72. The Morgan fingerprint density at radius 3 is 2.18 bits per heavy atom. The lowest BCUT2D eigenvalue weighted by Gasteiger charge is -2.09. The Kier molecular flexibility index (Phi) is 8.86. The molecule has 7 nitrogen and oxygen atoms in total. The Bertz CT molecular complexity index is 1420. The topological polar surface area (TPSA) is 89.0 Å². The number of nitrogens with one attached hydrogen (secondary N) is 2. The lowest BCUT2D eigenvalue weighted by Crippen LogP contribution is -2.24. The summed E-state index contributed by atoms with van der Waals surface area (Å²) in [7, 11) is 0. The molecule has 0 aliphatic heterocycles. The number of ether oxygens (including phenoxy) is 2. The minimum atomic E-state index is -0.385. The molecule has 0 aromatic heterocycles. The van der Waals surface area contributed by atoms with Crippen LogP contribution in [0.25, 0.3) is 11.1 Å². The Labute approximate surface area is 222 Å². The van der Waals surface area contributed by atoms with Gasteiger partial charge in [0.15, 0.2) is 13.2 Å². The normalized spacial score (nSPS) is 10.7. The Hall–Kier alpha value is -4.91. The second kappa shape index (κ2) is 12.9. The maximum atomic E-state index is 12.2. The standard InChI is InChI=1S/C31H29N3O4/c1-22-11-14-27(17-23(22)2)33-30(35)20-38-29-10-6-7-24(18-29)19-32-34-31(36)21-37-28-15-12-26(13-16-28)25-8-4-3-5-9-25/h3-19H,20-21H2,1-2H3,(H,33,35)(H,34,36)/b32-19+. The molecule has 2 amide bonds. The van der Waals surface area contributed by atoms with Crippen LogP contribution in [0.2, 0.25) is 0 Å². The second-order valence-electron chi connectivity index (χ2n) is 8.68. The van der Waals surface area contributed by atoms with Crippen molar-refractivity contribution in [3.05, 3.63) is 114 Å².